The van der Waals surface area contributed by atoms with Crippen LogP contribution in [0.3, 0.4) is 0 Å². The second-order valence-electron chi connectivity index (χ2n) is 4.19. The highest BCUT2D eigenvalue weighted by Gasteiger charge is 2.19. The average molecular weight is 232 g/mol. The van der Waals surface area contributed by atoms with Crippen molar-refractivity contribution >= 4 is 16.9 Å². The Kier molecular flexibility index (Phi) is 2.90. The zero-order valence-corrected chi connectivity index (χ0v) is 9.97. The van der Waals surface area contributed by atoms with Crippen molar-refractivity contribution < 1.29 is 9.90 Å². The van der Waals surface area contributed by atoms with E-state index in [0.717, 1.165) is 16.5 Å². The zero-order chi connectivity index (χ0) is 12.6. The summed E-state index contributed by atoms with van der Waals surface area (Å²) in [5.74, 6) is -1.00. The molecule has 0 aliphatic carbocycles. The van der Waals surface area contributed by atoms with Gasteiger partial charge in [0.2, 0.25) is 0 Å². The van der Waals surface area contributed by atoms with E-state index in [9.17, 15) is 4.79 Å². The van der Waals surface area contributed by atoms with E-state index in [1.165, 1.54) is 0 Å². The Morgan fingerprint density at radius 2 is 2.18 bits per heavy atom. The Morgan fingerprint density at radius 3 is 2.76 bits per heavy atom. The summed E-state index contributed by atoms with van der Waals surface area (Å²) in [4.78, 5) is 11.0. The van der Waals surface area contributed by atoms with E-state index < -0.39 is 12.0 Å². The molecule has 17 heavy (non-hydrogen) atoms. The predicted octanol–water partition coefficient (Wildman–Crippen LogP) is 2.05. The smallest absolute Gasteiger partial charge is 0.326 e. The number of hydrogen-bond acceptors (Lipinski definition) is 2. The van der Waals surface area contributed by atoms with Crippen LogP contribution in [-0.4, -0.2) is 15.6 Å². The number of aliphatic carboxylic acids is 1. The summed E-state index contributed by atoms with van der Waals surface area (Å²) >= 11 is 0. The number of nitrogens with zero attached hydrogens (tertiary/aromatic N) is 1. The van der Waals surface area contributed by atoms with E-state index >= 15 is 0 Å². The molecule has 2 aromatic rings. The third-order valence-electron chi connectivity index (χ3n) is 2.99. The summed E-state index contributed by atoms with van der Waals surface area (Å²) in [6.07, 6.45) is 0. The van der Waals surface area contributed by atoms with Gasteiger partial charge in [-0.2, -0.15) is 0 Å². The van der Waals surface area contributed by atoms with Crippen LogP contribution in [0.5, 0.6) is 0 Å². The van der Waals surface area contributed by atoms with Crippen molar-refractivity contribution in [1.82, 2.24) is 4.57 Å². The maximum Gasteiger partial charge on any atom is 0.326 e. The van der Waals surface area contributed by atoms with Crippen molar-refractivity contribution in [1.29, 1.82) is 0 Å². The molecule has 1 unspecified atom stereocenters. The molecule has 1 atom stereocenters. The normalized spacial score (nSPS) is 12.9. The number of carbonyl (C=O) groups is 1. The molecule has 90 valence electrons. The minimum Gasteiger partial charge on any atom is -0.480 e. The van der Waals surface area contributed by atoms with Gasteiger partial charge in [-0.15, -0.1) is 0 Å². The molecule has 2 rings (SSSR count). The number of carboxylic acids is 1. The van der Waals surface area contributed by atoms with E-state index in [1.54, 1.807) is 0 Å². The fraction of sp³-hybridized carbons (Fsp3) is 0.308. The molecule has 4 heteroatoms. The first-order valence-electron chi connectivity index (χ1n) is 5.62. The van der Waals surface area contributed by atoms with E-state index in [4.69, 9.17) is 10.8 Å². The summed E-state index contributed by atoms with van der Waals surface area (Å²) in [5.41, 5.74) is 8.54. The number of aromatic nitrogens is 1. The molecule has 3 N–H and O–H groups in total. The largest absolute Gasteiger partial charge is 0.480 e. The quantitative estimate of drug-likeness (QED) is 0.851. The highest BCUT2D eigenvalue weighted by atomic mass is 16.4. The summed E-state index contributed by atoms with van der Waals surface area (Å²) in [7, 11) is 0. The molecular formula is C13H16N2O2. The molecule has 1 aromatic heterocycles. The standard InChI is InChI=1S/C13H16N2O2/c1-3-15-10-5-4-8(2)6-9(10)7-11(15)12(14)13(16)17/h4-7,12H,3,14H2,1-2H3,(H,16,17). The maximum absolute atomic E-state index is 11.0. The second kappa shape index (κ2) is 4.22. The van der Waals surface area contributed by atoms with Gasteiger partial charge in [-0.1, -0.05) is 11.6 Å². The highest BCUT2D eigenvalue weighted by Crippen LogP contribution is 2.24. The van der Waals surface area contributed by atoms with Crippen LogP contribution in [0.15, 0.2) is 24.3 Å². The Bertz CT molecular complexity index is 572. The average Bonchev–Trinajstić information content (AvgIpc) is 2.64. The van der Waals surface area contributed by atoms with Crippen LogP contribution in [-0.2, 0) is 11.3 Å². The van der Waals surface area contributed by atoms with Gasteiger partial charge in [0, 0.05) is 23.1 Å². The molecule has 0 saturated heterocycles. The van der Waals surface area contributed by atoms with Gasteiger partial charge in [0.15, 0.2) is 0 Å². The molecule has 0 bridgehead atoms. The van der Waals surface area contributed by atoms with Crippen LogP contribution in [0.2, 0.25) is 0 Å². The van der Waals surface area contributed by atoms with Gasteiger partial charge >= 0.3 is 5.97 Å². The lowest BCUT2D eigenvalue weighted by molar-refractivity contribution is -0.138. The van der Waals surface area contributed by atoms with Gasteiger partial charge in [0.25, 0.3) is 0 Å². The van der Waals surface area contributed by atoms with Crippen molar-refractivity contribution in [3.8, 4) is 0 Å². The van der Waals surface area contributed by atoms with Gasteiger partial charge in [0.05, 0.1) is 0 Å². The predicted molar refractivity (Wildman–Crippen MR) is 66.9 cm³/mol. The number of rotatable bonds is 3. The fourth-order valence-corrected chi connectivity index (χ4v) is 2.15. The monoisotopic (exact) mass is 232 g/mol. The van der Waals surface area contributed by atoms with Crippen LogP contribution in [0.4, 0.5) is 0 Å². The van der Waals surface area contributed by atoms with Crippen LogP contribution in [0.1, 0.15) is 24.2 Å². The first-order chi connectivity index (χ1) is 8.04. The van der Waals surface area contributed by atoms with Gasteiger partial charge in [-0.05, 0) is 32.0 Å². The molecule has 0 aliphatic heterocycles. The summed E-state index contributed by atoms with van der Waals surface area (Å²) in [5, 5.41) is 10.0. The highest BCUT2D eigenvalue weighted by molar-refractivity contribution is 5.85. The number of benzene rings is 1. The Labute approximate surface area is 99.7 Å². The van der Waals surface area contributed by atoms with E-state index in [-0.39, 0.29) is 0 Å². The Morgan fingerprint density at radius 1 is 1.47 bits per heavy atom. The number of hydrogen-bond donors (Lipinski definition) is 2. The number of nitrogens with two attached hydrogens (primary N) is 1. The lowest BCUT2D eigenvalue weighted by Gasteiger charge is -2.11. The fourth-order valence-electron chi connectivity index (χ4n) is 2.15. The van der Waals surface area contributed by atoms with Gasteiger partial charge < -0.3 is 15.4 Å². The van der Waals surface area contributed by atoms with Gasteiger partial charge in [-0.25, -0.2) is 0 Å². The summed E-state index contributed by atoms with van der Waals surface area (Å²) in [6, 6.07) is 6.96. The third kappa shape index (κ3) is 1.91. The third-order valence-corrected chi connectivity index (χ3v) is 2.99. The van der Waals surface area contributed by atoms with Crippen LogP contribution in [0.25, 0.3) is 10.9 Å². The molecule has 1 aromatic carbocycles. The topological polar surface area (TPSA) is 68.2 Å². The van der Waals surface area contributed by atoms with E-state index in [2.05, 4.69) is 0 Å². The van der Waals surface area contributed by atoms with Crippen molar-refractivity contribution in [3.05, 3.63) is 35.5 Å². The lowest BCUT2D eigenvalue weighted by Crippen LogP contribution is -2.23. The first kappa shape index (κ1) is 11.7. The Balaban J connectivity index is 2.67. The first-order valence-corrected chi connectivity index (χ1v) is 5.62. The molecule has 0 radical (unpaired) electrons. The maximum atomic E-state index is 11.0. The second-order valence-corrected chi connectivity index (χ2v) is 4.19. The zero-order valence-electron chi connectivity index (χ0n) is 9.97. The molecule has 0 saturated carbocycles. The summed E-state index contributed by atoms with van der Waals surface area (Å²) in [6.45, 7) is 4.71. The number of aryl methyl sites for hydroxylation is 2. The SMILES string of the molecule is CCn1c(C(N)C(=O)O)cc2cc(C)ccc21. The van der Waals surface area contributed by atoms with Crippen molar-refractivity contribution in [3.63, 3.8) is 0 Å². The van der Waals surface area contributed by atoms with Gasteiger partial charge in [-0.3, -0.25) is 4.79 Å². The molecule has 0 amide bonds. The molecular weight excluding hydrogens is 216 g/mol. The Hall–Kier alpha value is -1.81. The molecule has 0 spiro atoms. The van der Waals surface area contributed by atoms with Crippen LogP contribution in [0, 0.1) is 6.92 Å². The molecule has 0 fully saturated rings. The number of fused-ring (bicyclic) bond motifs is 1. The molecule has 1 heterocycles. The van der Waals surface area contributed by atoms with E-state index in [0.29, 0.717) is 12.2 Å². The van der Waals surface area contributed by atoms with Gasteiger partial charge in [0.1, 0.15) is 6.04 Å². The van der Waals surface area contributed by atoms with Crippen molar-refractivity contribution in [2.75, 3.05) is 0 Å². The lowest BCUT2D eigenvalue weighted by atomic mass is 10.1. The minimum atomic E-state index is -1.00. The summed E-state index contributed by atoms with van der Waals surface area (Å²) < 4.78 is 1.95. The minimum absolute atomic E-state index is 0.653. The van der Waals surface area contributed by atoms with E-state index in [1.807, 2.05) is 42.7 Å². The van der Waals surface area contributed by atoms with Crippen molar-refractivity contribution in [2.24, 2.45) is 5.73 Å². The molecule has 4 nitrogen and oxygen atoms in total. The number of carboxylic acid groups (broad SMARTS) is 1. The van der Waals surface area contributed by atoms with Crippen LogP contribution >= 0.6 is 0 Å². The molecule has 0 aliphatic rings. The van der Waals surface area contributed by atoms with Crippen LogP contribution < -0.4 is 5.73 Å². The van der Waals surface area contributed by atoms with Crippen molar-refractivity contribution in [2.45, 2.75) is 26.4 Å².